The van der Waals surface area contributed by atoms with Crippen molar-refractivity contribution in [1.29, 1.82) is 0 Å². The molecule has 0 saturated carbocycles. The number of benzene rings is 1. The highest BCUT2D eigenvalue weighted by Crippen LogP contribution is 2.26. The van der Waals surface area contributed by atoms with Crippen LogP contribution in [0.3, 0.4) is 0 Å². The van der Waals surface area contributed by atoms with Crippen LogP contribution in [0.15, 0.2) is 60.9 Å². The lowest BCUT2D eigenvalue weighted by Crippen LogP contribution is -2.27. The van der Waals surface area contributed by atoms with Crippen LogP contribution in [-0.4, -0.2) is 56.3 Å². The Labute approximate surface area is 198 Å². The van der Waals surface area contributed by atoms with Crippen molar-refractivity contribution in [1.82, 2.24) is 24.9 Å². The molecule has 8 nitrogen and oxygen atoms in total. The average molecular weight is 457 g/mol. The Balaban J connectivity index is 1.47. The van der Waals surface area contributed by atoms with Gasteiger partial charge in [-0.3, -0.25) is 4.79 Å². The molecule has 1 aliphatic heterocycles. The zero-order valence-corrected chi connectivity index (χ0v) is 19.2. The van der Waals surface area contributed by atoms with Crippen LogP contribution in [0.2, 0.25) is 0 Å². The maximum atomic E-state index is 12.4. The van der Waals surface area contributed by atoms with Crippen molar-refractivity contribution in [2.24, 2.45) is 0 Å². The van der Waals surface area contributed by atoms with Crippen LogP contribution in [0.1, 0.15) is 41.4 Å². The highest BCUT2D eigenvalue weighted by molar-refractivity contribution is 5.95. The van der Waals surface area contributed by atoms with Crippen molar-refractivity contribution in [3.63, 3.8) is 0 Å². The number of carbonyl (C=O) groups excluding carboxylic acids is 1. The third-order valence-electron chi connectivity index (χ3n) is 6.26. The molecule has 0 spiro atoms. The van der Waals surface area contributed by atoms with Crippen LogP contribution in [-0.2, 0) is 6.42 Å². The van der Waals surface area contributed by atoms with Crippen LogP contribution in [0.4, 0.5) is 5.82 Å². The Morgan fingerprint density at radius 3 is 2.91 bits per heavy atom. The molecule has 1 aliphatic rings. The molecule has 0 aliphatic carbocycles. The van der Waals surface area contributed by atoms with Crippen molar-refractivity contribution >= 4 is 17.4 Å². The second-order valence-electron chi connectivity index (χ2n) is 8.66. The molecule has 1 aromatic carbocycles. The van der Waals surface area contributed by atoms with Crippen LogP contribution in [0.5, 0.6) is 0 Å². The van der Waals surface area contributed by atoms with E-state index < -0.39 is 0 Å². The van der Waals surface area contributed by atoms with Gasteiger partial charge in [0.25, 0.3) is 5.91 Å². The van der Waals surface area contributed by atoms with E-state index in [0.717, 1.165) is 40.5 Å². The van der Waals surface area contributed by atoms with Gasteiger partial charge in [0.05, 0.1) is 12.3 Å². The molecular formula is C26H28N6O2. The van der Waals surface area contributed by atoms with Gasteiger partial charge in [0, 0.05) is 60.3 Å². The molecule has 1 atom stereocenters. The number of amides is 1. The van der Waals surface area contributed by atoms with Crippen LogP contribution in [0.25, 0.3) is 16.9 Å². The fraction of sp³-hybridized carbons (Fsp3) is 0.308. The number of pyridine rings is 1. The summed E-state index contributed by atoms with van der Waals surface area (Å²) in [5, 5.41) is 16.4. The second kappa shape index (κ2) is 9.61. The Kier molecular flexibility index (Phi) is 6.22. The molecule has 1 saturated heterocycles. The first-order valence-electron chi connectivity index (χ1n) is 11.7. The Hall–Kier alpha value is -3.78. The third-order valence-corrected chi connectivity index (χ3v) is 6.26. The number of hydrogen-bond acceptors (Lipinski definition) is 6. The molecule has 2 N–H and O–H groups in total. The molecule has 8 heteroatoms. The zero-order chi connectivity index (χ0) is 23.5. The Morgan fingerprint density at radius 2 is 2.09 bits per heavy atom. The smallest absolute Gasteiger partial charge is 0.251 e. The van der Waals surface area contributed by atoms with E-state index in [4.69, 9.17) is 15.2 Å². The lowest BCUT2D eigenvalue weighted by atomic mass is 10.0. The van der Waals surface area contributed by atoms with Gasteiger partial charge in [0.15, 0.2) is 5.65 Å². The normalized spacial score (nSPS) is 15.7. The number of aromatic nitrogens is 4. The summed E-state index contributed by atoms with van der Waals surface area (Å²) in [4.78, 5) is 24.2. The molecule has 1 fully saturated rings. The number of carbonyl (C=O) groups is 1. The number of nitrogens with one attached hydrogen (secondary N) is 1. The zero-order valence-electron chi connectivity index (χ0n) is 19.2. The van der Waals surface area contributed by atoms with Gasteiger partial charge in [-0.15, -0.1) is 0 Å². The lowest BCUT2D eigenvalue weighted by molar-refractivity contribution is 0.0945. The highest BCUT2D eigenvalue weighted by Gasteiger charge is 2.21. The molecule has 3 aromatic heterocycles. The van der Waals surface area contributed by atoms with Crippen molar-refractivity contribution < 1.29 is 9.90 Å². The minimum atomic E-state index is -0.225. The van der Waals surface area contributed by atoms with Crippen LogP contribution >= 0.6 is 0 Å². The summed E-state index contributed by atoms with van der Waals surface area (Å²) in [6, 6.07) is 16.1. The Bertz CT molecular complexity index is 1320. The van der Waals surface area contributed by atoms with Gasteiger partial charge in [0.2, 0.25) is 0 Å². The quantitative estimate of drug-likeness (QED) is 0.444. The fourth-order valence-electron chi connectivity index (χ4n) is 4.54. The predicted molar refractivity (Wildman–Crippen MR) is 131 cm³/mol. The summed E-state index contributed by atoms with van der Waals surface area (Å²) in [6.07, 6.45) is 6.60. The van der Waals surface area contributed by atoms with Gasteiger partial charge >= 0.3 is 0 Å². The first-order chi connectivity index (χ1) is 16.6. The summed E-state index contributed by atoms with van der Waals surface area (Å²) in [7, 11) is 0. The van der Waals surface area contributed by atoms with Gasteiger partial charge in [-0.1, -0.05) is 18.2 Å². The van der Waals surface area contributed by atoms with Gasteiger partial charge < -0.3 is 15.3 Å². The largest absolute Gasteiger partial charge is 0.395 e. The molecule has 1 amide bonds. The summed E-state index contributed by atoms with van der Waals surface area (Å²) in [5.74, 6) is 0.801. The number of rotatable bonds is 7. The average Bonchev–Trinajstić information content (AvgIpc) is 3.51. The number of hydrogen-bond donors (Lipinski definition) is 2. The molecule has 4 aromatic rings. The van der Waals surface area contributed by atoms with Crippen molar-refractivity contribution in [3.05, 3.63) is 77.7 Å². The van der Waals surface area contributed by atoms with Crippen LogP contribution in [0, 0.1) is 0 Å². The third kappa shape index (κ3) is 4.49. The maximum absolute atomic E-state index is 12.4. The second-order valence-corrected chi connectivity index (χ2v) is 8.66. The van der Waals surface area contributed by atoms with E-state index in [1.807, 2.05) is 30.5 Å². The molecule has 4 heterocycles. The minimum absolute atomic E-state index is 0.0977. The van der Waals surface area contributed by atoms with Gasteiger partial charge in [-0.25, -0.2) is 14.5 Å². The number of nitrogens with zero attached hydrogens (tertiary/aromatic N) is 5. The first kappa shape index (κ1) is 22.0. The standard InChI is InChI=1S/C26H28N6O2/c1-18-5-4-12-31(18)24-9-3-8-22(29-24)16-21-17-23(30-32-13-10-27-25(21)32)19-6-2-7-20(15-19)26(34)28-11-14-33/h2-3,6-10,13,15,17-18,33H,4-5,11-12,14,16H2,1H3,(H,28,34). The van der Waals surface area contributed by atoms with E-state index >= 15 is 0 Å². The number of aliphatic hydroxyl groups excluding tert-OH is 1. The number of imidazole rings is 1. The van der Waals surface area contributed by atoms with E-state index in [2.05, 4.69) is 40.3 Å². The van der Waals surface area contributed by atoms with Crippen LogP contribution < -0.4 is 10.2 Å². The number of aliphatic hydroxyl groups is 1. The molecule has 174 valence electrons. The molecule has 0 radical (unpaired) electrons. The summed E-state index contributed by atoms with van der Waals surface area (Å²) in [6.45, 7) is 3.42. The number of fused-ring (bicyclic) bond motifs is 1. The molecule has 1 unspecified atom stereocenters. The molecule has 34 heavy (non-hydrogen) atoms. The maximum Gasteiger partial charge on any atom is 0.251 e. The molecular weight excluding hydrogens is 428 g/mol. The predicted octanol–water partition coefficient (Wildman–Crippen LogP) is 3.09. The molecule has 5 rings (SSSR count). The summed E-state index contributed by atoms with van der Waals surface area (Å²) < 4.78 is 1.77. The highest BCUT2D eigenvalue weighted by atomic mass is 16.3. The van der Waals surface area contributed by atoms with Gasteiger partial charge in [-0.2, -0.15) is 5.10 Å². The topological polar surface area (TPSA) is 95.7 Å². The van der Waals surface area contributed by atoms with Crippen molar-refractivity contribution in [2.45, 2.75) is 32.2 Å². The van der Waals surface area contributed by atoms with Crippen molar-refractivity contribution in [3.8, 4) is 11.3 Å². The SMILES string of the molecule is CC1CCCN1c1cccc(Cc2cc(-c3cccc(C(=O)NCCO)c3)nn3ccnc23)n1. The van der Waals surface area contributed by atoms with Crippen molar-refractivity contribution in [2.75, 3.05) is 24.6 Å². The van der Waals surface area contributed by atoms with E-state index in [0.29, 0.717) is 18.0 Å². The van der Waals surface area contributed by atoms with Gasteiger partial charge in [0.1, 0.15) is 5.82 Å². The van der Waals surface area contributed by atoms with E-state index in [1.54, 1.807) is 16.8 Å². The first-order valence-corrected chi connectivity index (χ1v) is 11.7. The number of anilines is 1. The van der Waals surface area contributed by atoms with E-state index in [9.17, 15) is 4.79 Å². The lowest BCUT2D eigenvalue weighted by Gasteiger charge is -2.23. The van der Waals surface area contributed by atoms with E-state index in [1.165, 1.54) is 12.8 Å². The fourth-order valence-corrected chi connectivity index (χ4v) is 4.54. The monoisotopic (exact) mass is 456 g/mol. The van der Waals surface area contributed by atoms with E-state index in [-0.39, 0.29) is 19.1 Å². The van der Waals surface area contributed by atoms with Gasteiger partial charge in [-0.05, 0) is 50.1 Å². The summed E-state index contributed by atoms with van der Waals surface area (Å²) in [5.41, 5.74) is 4.90. The molecule has 0 bridgehead atoms. The summed E-state index contributed by atoms with van der Waals surface area (Å²) >= 11 is 0. The Morgan fingerprint density at radius 1 is 1.21 bits per heavy atom. The minimum Gasteiger partial charge on any atom is -0.395 e.